The van der Waals surface area contributed by atoms with Crippen LogP contribution in [0.2, 0.25) is 0 Å². The highest BCUT2D eigenvalue weighted by atomic mass is 16.6. The topological polar surface area (TPSA) is 58.6 Å². The molecule has 1 saturated heterocycles. The predicted octanol–water partition coefficient (Wildman–Crippen LogP) is 2.02. The van der Waals surface area contributed by atoms with E-state index in [9.17, 15) is 9.59 Å². The Labute approximate surface area is 110 Å². The van der Waals surface area contributed by atoms with Gasteiger partial charge in [-0.3, -0.25) is 4.79 Å². The Kier molecular flexibility index (Phi) is 6.73. The number of nitrogens with one attached hydrogen (secondary N) is 1. The summed E-state index contributed by atoms with van der Waals surface area (Å²) in [5.74, 6) is -0.108. The number of nitrogens with zero attached hydrogens (tertiary/aromatic N) is 1. The minimum Gasteiger partial charge on any atom is -0.444 e. The maximum atomic E-state index is 11.7. The van der Waals surface area contributed by atoms with Crippen LogP contribution >= 0.6 is 0 Å². The number of ether oxygens (including phenoxy) is 1. The molecule has 0 spiro atoms. The van der Waals surface area contributed by atoms with Gasteiger partial charge in [0, 0.05) is 20.1 Å². The zero-order valence-corrected chi connectivity index (χ0v) is 12.4. The van der Waals surface area contributed by atoms with E-state index in [1.165, 1.54) is 0 Å². The van der Waals surface area contributed by atoms with Gasteiger partial charge in [0.15, 0.2) is 0 Å². The first-order valence-corrected chi connectivity index (χ1v) is 6.53. The Morgan fingerprint density at radius 2 is 1.83 bits per heavy atom. The molecule has 0 radical (unpaired) electrons. The fraction of sp³-hybridized carbons (Fsp3) is 0.846. The molecule has 106 valence electrons. The zero-order valence-electron chi connectivity index (χ0n) is 12.4. The molecule has 1 fully saturated rings. The highest BCUT2D eigenvalue weighted by Gasteiger charge is 2.32. The molecule has 1 rings (SSSR count). The van der Waals surface area contributed by atoms with E-state index in [4.69, 9.17) is 4.74 Å². The summed E-state index contributed by atoms with van der Waals surface area (Å²) in [5, 5.41) is 2.60. The Balaban J connectivity index is 0.00000137. The second-order valence-corrected chi connectivity index (χ2v) is 5.03. The van der Waals surface area contributed by atoms with Crippen molar-refractivity contribution in [1.82, 2.24) is 10.2 Å². The average molecular weight is 258 g/mol. The molecule has 5 heteroatoms. The van der Waals surface area contributed by atoms with Crippen LogP contribution in [0, 0.1) is 5.92 Å². The van der Waals surface area contributed by atoms with Gasteiger partial charge in [-0.15, -0.1) is 0 Å². The standard InChI is InChI=1S/C11H20N2O3.C2H6/c1-11(2,3)16-10(15)13-6-5-8(7-13)9(14)12-4;1-2/h8H,5-7H2,1-4H3,(H,12,14);1-2H3. The molecule has 0 aliphatic carbocycles. The summed E-state index contributed by atoms with van der Waals surface area (Å²) in [6.45, 7) is 10.5. The molecular formula is C13H26N2O3. The van der Waals surface area contributed by atoms with Gasteiger partial charge in [0.2, 0.25) is 5.91 Å². The fourth-order valence-corrected chi connectivity index (χ4v) is 1.67. The summed E-state index contributed by atoms with van der Waals surface area (Å²) in [5.41, 5.74) is -0.484. The van der Waals surface area contributed by atoms with Crippen molar-refractivity contribution in [3.63, 3.8) is 0 Å². The first-order valence-electron chi connectivity index (χ1n) is 6.53. The summed E-state index contributed by atoms with van der Waals surface area (Å²) in [7, 11) is 1.61. The Bertz CT molecular complexity index is 284. The third-order valence-electron chi connectivity index (χ3n) is 2.46. The maximum absolute atomic E-state index is 11.7. The number of hydrogen-bond donors (Lipinski definition) is 1. The molecule has 0 aromatic carbocycles. The van der Waals surface area contributed by atoms with E-state index in [1.807, 2.05) is 34.6 Å². The maximum Gasteiger partial charge on any atom is 0.410 e. The van der Waals surface area contributed by atoms with Crippen LogP contribution in [-0.2, 0) is 9.53 Å². The van der Waals surface area contributed by atoms with Crippen LogP contribution in [0.25, 0.3) is 0 Å². The molecular weight excluding hydrogens is 232 g/mol. The van der Waals surface area contributed by atoms with Gasteiger partial charge < -0.3 is 15.0 Å². The first kappa shape index (κ1) is 16.7. The van der Waals surface area contributed by atoms with Crippen LogP contribution in [0.4, 0.5) is 4.79 Å². The number of carbonyl (C=O) groups is 2. The molecule has 0 bridgehead atoms. The normalized spacial score (nSPS) is 18.8. The van der Waals surface area contributed by atoms with Gasteiger partial charge in [-0.25, -0.2) is 4.79 Å². The summed E-state index contributed by atoms with van der Waals surface area (Å²) >= 11 is 0. The third kappa shape index (κ3) is 5.38. The quantitative estimate of drug-likeness (QED) is 0.782. The van der Waals surface area contributed by atoms with Gasteiger partial charge >= 0.3 is 6.09 Å². The molecule has 1 unspecified atom stereocenters. The molecule has 1 N–H and O–H groups in total. The van der Waals surface area contributed by atoms with Crippen molar-refractivity contribution >= 4 is 12.0 Å². The number of amides is 2. The summed E-state index contributed by atoms with van der Waals surface area (Å²) in [4.78, 5) is 24.7. The van der Waals surface area contributed by atoms with Gasteiger partial charge in [0.25, 0.3) is 0 Å². The highest BCUT2D eigenvalue weighted by Crippen LogP contribution is 2.19. The van der Waals surface area contributed by atoms with Crippen molar-refractivity contribution < 1.29 is 14.3 Å². The molecule has 0 aromatic rings. The number of likely N-dealkylation sites (tertiary alicyclic amines) is 1. The SMILES string of the molecule is CC.CNC(=O)C1CCN(C(=O)OC(C)(C)C)C1. The fourth-order valence-electron chi connectivity index (χ4n) is 1.67. The van der Waals surface area contributed by atoms with Crippen molar-refractivity contribution in [1.29, 1.82) is 0 Å². The Hall–Kier alpha value is -1.26. The van der Waals surface area contributed by atoms with E-state index >= 15 is 0 Å². The predicted molar refractivity (Wildman–Crippen MR) is 71.3 cm³/mol. The highest BCUT2D eigenvalue weighted by molar-refractivity contribution is 5.80. The zero-order chi connectivity index (χ0) is 14.3. The van der Waals surface area contributed by atoms with Crippen molar-refractivity contribution in [2.45, 2.75) is 46.6 Å². The van der Waals surface area contributed by atoms with Gasteiger partial charge in [-0.05, 0) is 27.2 Å². The van der Waals surface area contributed by atoms with E-state index in [0.29, 0.717) is 19.5 Å². The lowest BCUT2D eigenvalue weighted by molar-refractivity contribution is -0.124. The first-order chi connectivity index (χ1) is 8.33. The number of rotatable bonds is 1. The third-order valence-corrected chi connectivity index (χ3v) is 2.46. The van der Waals surface area contributed by atoms with Crippen molar-refractivity contribution in [2.75, 3.05) is 20.1 Å². The minimum atomic E-state index is -0.484. The minimum absolute atomic E-state index is 0.00828. The molecule has 1 heterocycles. The van der Waals surface area contributed by atoms with Gasteiger partial charge in [-0.2, -0.15) is 0 Å². The molecule has 1 aliphatic heterocycles. The molecule has 18 heavy (non-hydrogen) atoms. The second-order valence-electron chi connectivity index (χ2n) is 5.03. The molecule has 2 amide bonds. The summed E-state index contributed by atoms with van der Waals surface area (Å²) in [6.07, 6.45) is 0.373. The average Bonchev–Trinajstić information content (AvgIpc) is 2.78. The largest absolute Gasteiger partial charge is 0.444 e. The van der Waals surface area contributed by atoms with E-state index in [-0.39, 0.29) is 17.9 Å². The Morgan fingerprint density at radius 3 is 2.28 bits per heavy atom. The molecule has 5 nitrogen and oxygen atoms in total. The second kappa shape index (κ2) is 7.24. The summed E-state index contributed by atoms with van der Waals surface area (Å²) in [6, 6.07) is 0. The van der Waals surface area contributed by atoms with E-state index in [0.717, 1.165) is 0 Å². The monoisotopic (exact) mass is 258 g/mol. The molecule has 1 atom stereocenters. The van der Waals surface area contributed by atoms with E-state index in [2.05, 4.69) is 5.32 Å². The van der Waals surface area contributed by atoms with Crippen molar-refractivity contribution in [3.8, 4) is 0 Å². The van der Waals surface area contributed by atoms with E-state index in [1.54, 1.807) is 11.9 Å². The van der Waals surface area contributed by atoms with Crippen LogP contribution in [0.1, 0.15) is 41.0 Å². The smallest absolute Gasteiger partial charge is 0.410 e. The molecule has 0 saturated carbocycles. The summed E-state index contributed by atoms with van der Waals surface area (Å²) < 4.78 is 5.24. The van der Waals surface area contributed by atoms with Crippen molar-refractivity contribution in [2.24, 2.45) is 5.92 Å². The van der Waals surface area contributed by atoms with Crippen molar-refractivity contribution in [3.05, 3.63) is 0 Å². The molecule has 0 aromatic heterocycles. The van der Waals surface area contributed by atoms with Gasteiger partial charge in [0.05, 0.1) is 5.92 Å². The van der Waals surface area contributed by atoms with Crippen LogP contribution in [0.3, 0.4) is 0 Å². The number of hydrogen-bond acceptors (Lipinski definition) is 3. The Morgan fingerprint density at radius 1 is 1.28 bits per heavy atom. The van der Waals surface area contributed by atoms with Gasteiger partial charge in [0.1, 0.15) is 5.60 Å². The van der Waals surface area contributed by atoms with Crippen LogP contribution in [0.15, 0.2) is 0 Å². The van der Waals surface area contributed by atoms with Gasteiger partial charge in [-0.1, -0.05) is 13.8 Å². The van der Waals surface area contributed by atoms with Crippen LogP contribution < -0.4 is 5.32 Å². The lowest BCUT2D eigenvalue weighted by Crippen LogP contribution is -2.37. The molecule has 1 aliphatic rings. The lowest BCUT2D eigenvalue weighted by atomic mass is 10.1. The lowest BCUT2D eigenvalue weighted by Gasteiger charge is -2.24. The van der Waals surface area contributed by atoms with Crippen LogP contribution in [0.5, 0.6) is 0 Å². The van der Waals surface area contributed by atoms with E-state index < -0.39 is 5.60 Å². The van der Waals surface area contributed by atoms with Crippen LogP contribution in [-0.4, -0.2) is 42.6 Å². The number of carbonyl (C=O) groups excluding carboxylic acids is 2.